The van der Waals surface area contributed by atoms with Crippen molar-refractivity contribution in [2.24, 2.45) is 5.73 Å². The summed E-state index contributed by atoms with van der Waals surface area (Å²) in [7, 11) is 0. The van der Waals surface area contributed by atoms with E-state index in [2.05, 4.69) is 42.6 Å². The molecule has 0 spiro atoms. The minimum absolute atomic E-state index is 0.0232. The first kappa shape index (κ1) is 15.0. The molecule has 110 valence electrons. The monoisotopic (exact) mass is 274 g/mol. The summed E-state index contributed by atoms with van der Waals surface area (Å²) in [4.78, 5) is 11.9. The number of amides is 1. The Balaban J connectivity index is 1.78. The Morgan fingerprint density at radius 3 is 2.50 bits per heavy atom. The highest BCUT2D eigenvalue weighted by Crippen LogP contribution is 2.32. The molecule has 0 radical (unpaired) electrons. The molecule has 1 aliphatic rings. The second-order valence-electron chi connectivity index (χ2n) is 5.86. The Bertz CT molecular complexity index is 410. The fraction of sp³-hybridized carbons (Fsp3) is 0.588. The summed E-state index contributed by atoms with van der Waals surface area (Å²) in [5.41, 5.74) is 7.28. The van der Waals surface area contributed by atoms with Crippen molar-refractivity contribution in [3.63, 3.8) is 0 Å². The third-order valence-electron chi connectivity index (χ3n) is 4.28. The molecule has 0 aromatic heterocycles. The first-order valence-electron chi connectivity index (χ1n) is 7.81. The molecule has 3 N–H and O–H groups in total. The molecule has 1 aliphatic carbocycles. The van der Waals surface area contributed by atoms with Gasteiger partial charge in [0.2, 0.25) is 5.91 Å². The van der Waals surface area contributed by atoms with Gasteiger partial charge in [0.1, 0.15) is 0 Å². The third kappa shape index (κ3) is 4.07. The average molecular weight is 274 g/mol. The van der Waals surface area contributed by atoms with E-state index >= 15 is 0 Å². The fourth-order valence-electron chi connectivity index (χ4n) is 3.05. The van der Waals surface area contributed by atoms with Crippen molar-refractivity contribution >= 4 is 5.91 Å². The number of carbonyl (C=O) groups is 1. The van der Waals surface area contributed by atoms with Crippen molar-refractivity contribution < 1.29 is 4.79 Å². The maximum absolute atomic E-state index is 11.9. The molecule has 0 saturated heterocycles. The van der Waals surface area contributed by atoms with E-state index < -0.39 is 0 Å². The van der Waals surface area contributed by atoms with Crippen LogP contribution in [0.1, 0.15) is 56.9 Å². The number of hydrogen-bond donors (Lipinski definition) is 2. The van der Waals surface area contributed by atoms with Crippen LogP contribution in [0.15, 0.2) is 30.3 Å². The van der Waals surface area contributed by atoms with Crippen LogP contribution in [0.2, 0.25) is 0 Å². The molecule has 1 saturated carbocycles. The zero-order chi connectivity index (χ0) is 14.4. The third-order valence-corrected chi connectivity index (χ3v) is 4.28. The predicted molar refractivity (Wildman–Crippen MR) is 82.5 cm³/mol. The van der Waals surface area contributed by atoms with Gasteiger partial charge in [-0.15, -0.1) is 0 Å². The summed E-state index contributed by atoms with van der Waals surface area (Å²) < 4.78 is 0. The predicted octanol–water partition coefficient (Wildman–Crippen LogP) is 2.96. The van der Waals surface area contributed by atoms with Crippen LogP contribution in [-0.4, -0.2) is 18.0 Å². The van der Waals surface area contributed by atoms with E-state index in [1.807, 2.05) is 0 Å². The highest BCUT2D eigenvalue weighted by Gasteiger charge is 2.24. The molecule has 1 aromatic carbocycles. The van der Waals surface area contributed by atoms with Gasteiger partial charge in [-0.3, -0.25) is 4.79 Å². The Kier molecular flexibility index (Phi) is 5.60. The maximum Gasteiger partial charge on any atom is 0.237 e. The lowest BCUT2D eigenvalue weighted by Crippen LogP contribution is -2.46. The van der Waals surface area contributed by atoms with E-state index in [1.165, 1.54) is 5.56 Å². The molecular weight excluding hydrogens is 248 g/mol. The summed E-state index contributed by atoms with van der Waals surface area (Å²) in [6.45, 7) is 2.05. The van der Waals surface area contributed by atoms with Gasteiger partial charge in [0.15, 0.2) is 0 Å². The van der Waals surface area contributed by atoms with Crippen LogP contribution >= 0.6 is 0 Å². The van der Waals surface area contributed by atoms with Crippen molar-refractivity contribution in [3.8, 4) is 0 Å². The van der Waals surface area contributed by atoms with Crippen LogP contribution in [0.3, 0.4) is 0 Å². The Morgan fingerprint density at radius 2 is 1.90 bits per heavy atom. The fourth-order valence-corrected chi connectivity index (χ4v) is 3.05. The first-order valence-corrected chi connectivity index (χ1v) is 7.81. The van der Waals surface area contributed by atoms with Crippen molar-refractivity contribution in [3.05, 3.63) is 35.9 Å². The van der Waals surface area contributed by atoms with Gasteiger partial charge in [0, 0.05) is 6.04 Å². The summed E-state index contributed by atoms with van der Waals surface area (Å²) in [6.07, 6.45) is 6.14. The SMILES string of the molecule is CCCC(N)C(=O)NC1CCC(c2ccccc2)CC1. The molecule has 2 rings (SSSR count). The molecule has 1 unspecified atom stereocenters. The summed E-state index contributed by atoms with van der Waals surface area (Å²) in [6, 6.07) is 10.7. The highest BCUT2D eigenvalue weighted by molar-refractivity contribution is 5.81. The number of rotatable bonds is 5. The topological polar surface area (TPSA) is 55.1 Å². The standard InChI is InChI=1S/C17H26N2O/c1-2-6-16(18)17(20)19-15-11-9-14(10-12-15)13-7-4-3-5-8-13/h3-5,7-8,14-16H,2,6,9-12,18H2,1H3,(H,19,20). The second kappa shape index (κ2) is 7.44. The molecule has 3 heteroatoms. The van der Waals surface area contributed by atoms with Gasteiger partial charge >= 0.3 is 0 Å². The Hall–Kier alpha value is -1.35. The minimum Gasteiger partial charge on any atom is -0.352 e. The molecule has 0 aliphatic heterocycles. The van der Waals surface area contributed by atoms with E-state index in [0.717, 1.165) is 38.5 Å². The van der Waals surface area contributed by atoms with E-state index in [9.17, 15) is 4.79 Å². The maximum atomic E-state index is 11.9. The van der Waals surface area contributed by atoms with Crippen LogP contribution in [0.4, 0.5) is 0 Å². The molecule has 20 heavy (non-hydrogen) atoms. The lowest BCUT2D eigenvalue weighted by molar-refractivity contribution is -0.123. The van der Waals surface area contributed by atoms with Gasteiger partial charge in [-0.2, -0.15) is 0 Å². The highest BCUT2D eigenvalue weighted by atomic mass is 16.2. The van der Waals surface area contributed by atoms with Crippen molar-refractivity contribution in [2.45, 2.75) is 63.5 Å². The number of benzene rings is 1. The lowest BCUT2D eigenvalue weighted by atomic mass is 9.81. The normalized spacial score (nSPS) is 24.1. The number of carbonyl (C=O) groups excluding carboxylic acids is 1. The molecule has 1 aromatic rings. The van der Waals surface area contributed by atoms with Gasteiger partial charge in [0.25, 0.3) is 0 Å². The summed E-state index contributed by atoms with van der Waals surface area (Å²) in [5, 5.41) is 3.11. The number of hydrogen-bond acceptors (Lipinski definition) is 2. The van der Waals surface area contributed by atoms with Crippen LogP contribution in [0.5, 0.6) is 0 Å². The molecule has 0 heterocycles. The minimum atomic E-state index is -0.341. The quantitative estimate of drug-likeness (QED) is 0.867. The summed E-state index contributed by atoms with van der Waals surface area (Å²) in [5.74, 6) is 0.670. The molecule has 1 amide bonds. The van der Waals surface area contributed by atoms with Crippen LogP contribution in [0.25, 0.3) is 0 Å². The number of nitrogens with two attached hydrogens (primary N) is 1. The molecular formula is C17H26N2O. The molecule has 0 bridgehead atoms. The average Bonchev–Trinajstić information content (AvgIpc) is 2.49. The first-order chi connectivity index (χ1) is 9.70. The van der Waals surface area contributed by atoms with Crippen molar-refractivity contribution in [1.29, 1.82) is 0 Å². The zero-order valence-corrected chi connectivity index (χ0v) is 12.3. The van der Waals surface area contributed by atoms with Gasteiger partial charge in [-0.05, 0) is 43.6 Å². The van der Waals surface area contributed by atoms with E-state index in [0.29, 0.717) is 12.0 Å². The lowest BCUT2D eigenvalue weighted by Gasteiger charge is -2.30. The van der Waals surface area contributed by atoms with Crippen LogP contribution in [0, 0.1) is 0 Å². The van der Waals surface area contributed by atoms with Crippen molar-refractivity contribution in [1.82, 2.24) is 5.32 Å². The summed E-state index contributed by atoms with van der Waals surface area (Å²) >= 11 is 0. The van der Waals surface area contributed by atoms with Gasteiger partial charge in [-0.1, -0.05) is 43.7 Å². The smallest absolute Gasteiger partial charge is 0.237 e. The Morgan fingerprint density at radius 1 is 1.25 bits per heavy atom. The van der Waals surface area contributed by atoms with Gasteiger partial charge < -0.3 is 11.1 Å². The van der Waals surface area contributed by atoms with Gasteiger partial charge in [0.05, 0.1) is 6.04 Å². The molecule has 3 nitrogen and oxygen atoms in total. The zero-order valence-electron chi connectivity index (χ0n) is 12.3. The van der Waals surface area contributed by atoms with Crippen LogP contribution < -0.4 is 11.1 Å². The number of nitrogens with one attached hydrogen (secondary N) is 1. The van der Waals surface area contributed by atoms with Gasteiger partial charge in [-0.25, -0.2) is 0 Å². The molecule has 1 fully saturated rings. The molecule has 1 atom stereocenters. The van der Waals surface area contributed by atoms with Crippen molar-refractivity contribution in [2.75, 3.05) is 0 Å². The van der Waals surface area contributed by atoms with Crippen LogP contribution in [-0.2, 0) is 4.79 Å². The largest absolute Gasteiger partial charge is 0.352 e. The van der Waals surface area contributed by atoms with E-state index in [4.69, 9.17) is 5.73 Å². The van der Waals surface area contributed by atoms with E-state index in [1.54, 1.807) is 0 Å². The Labute approximate surface area is 121 Å². The van der Waals surface area contributed by atoms with E-state index in [-0.39, 0.29) is 11.9 Å². The second-order valence-corrected chi connectivity index (χ2v) is 5.86.